The number of hydrogen-bond acceptors (Lipinski definition) is 4. The Balaban J connectivity index is 1.61. The highest BCUT2D eigenvalue weighted by Gasteiger charge is 2.62. The van der Waals surface area contributed by atoms with Gasteiger partial charge in [-0.3, -0.25) is 4.90 Å². The summed E-state index contributed by atoms with van der Waals surface area (Å²) in [7, 11) is 1.75. The van der Waals surface area contributed by atoms with Crippen molar-refractivity contribution in [3.8, 4) is 5.75 Å². The van der Waals surface area contributed by atoms with Gasteiger partial charge in [-0.2, -0.15) is 0 Å². The van der Waals surface area contributed by atoms with Crippen molar-refractivity contribution in [1.29, 1.82) is 0 Å². The first-order chi connectivity index (χ1) is 14.4. The Bertz CT molecular complexity index is 785. The second-order valence-corrected chi connectivity index (χ2v) is 10.9. The molecule has 2 heterocycles. The van der Waals surface area contributed by atoms with Gasteiger partial charge in [0.25, 0.3) is 0 Å². The predicted molar refractivity (Wildman–Crippen MR) is 121 cm³/mol. The molecule has 3 unspecified atom stereocenters. The Morgan fingerprint density at radius 1 is 1.17 bits per heavy atom. The summed E-state index contributed by atoms with van der Waals surface area (Å²) in [4.78, 5) is 2.62. The third-order valence-corrected chi connectivity index (χ3v) is 9.26. The van der Waals surface area contributed by atoms with Crippen molar-refractivity contribution >= 4 is 0 Å². The number of piperidine rings is 1. The SMILES string of the molecule is COc1ccc(C)c(C23CCNC4(CCCC4)CC2(O)C(C)N(CC2CC2)CC3)c1. The van der Waals surface area contributed by atoms with Crippen LogP contribution in [0.15, 0.2) is 18.2 Å². The van der Waals surface area contributed by atoms with Crippen molar-refractivity contribution in [2.45, 2.75) is 94.2 Å². The lowest BCUT2D eigenvalue weighted by Gasteiger charge is -2.59. The topological polar surface area (TPSA) is 44.7 Å². The molecular weight excluding hydrogens is 372 g/mol. The Labute approximate surface area is 182 Å². The number of aryl methyl sites for hydroxylation is 1. The smallest absolute Gasteiger partial charge is 0.119 e. The van der Waals surface area contributed by atoms with E-state index in [4.69, 9.17) is 4.74 Å². The van der Waals surface area contributed by atoms with E-state index in [1.54, 1.807) is 7.11 Å². The minimum Gasteiger partial charge on any atom is -0.497 e. The Hall–Kier alpha value is -1.10. The number of aliphatic hydroxyl groups is 1. The van der Waals surface area contributed by atoms with Crippen molar-refractivity contribution in [3.63, 3.8) is 0 Å². The monoisotopic (exact) mass is 412 g/mol. The molecule has 2 aliphatic heterocycles. The lowest BCUT2D eigenvalue weighted by Crippen LogP contribution is -2.69. The van der Waals surface area contributed by atoms with E-state index in [9.17, 15) is 5.11 Å². The van der Waals surface area contributed by atoms with Crippen LogP contribution in [0.25, 0.3) is 0 Å². The van der Waals surface area contributed by atoms with Crippen molar-refractivity contribution in [3.05, 3.63) is 29.3 Å². The number of benzene rings is 1. The fourth-order valence-corrected chi connectivity index (χ4v) is 7.26. The lowest BCUT2D eigenvalue weighted by molar-refractivity contribution is -0.145. The van der Waals surface area contributed by atoms with Gasteiger partial charge in [-0.15, -0.1) is 0 Å². The molecular formula is C26H40N2O2. The minimum absolute atomic E-state index is 0.111. The van der Waals surface area contributed by atoms with Crippen LogP contribution in [0.2, 0.25) is 0 Å². The first kappa shape index (κ1) is 20.8. The van der Waals surface area contributed by atoms with E-state index in [1.807, 2.05) is 0 Å². The summed E-state index contributed by atoms with van der Waals surface area (Å²) in [6, 6.07) is 6.66. The number of nitrogens with zero attached hydrogens (tertiary/aromatic N) is 1. The number of ether oxygens (including phenoxy) is 1. The van der Waals surface area contributed by atoms with Gasteiger partial charge in [0.15, 0.2) is 0 Å². The molecule has 0 radical (unpaired) electrons. The number of rotatable bonds is 4. The molecule has 30 heavy (non-hydrogen) atoms. The second kappa shape index (κ2) is 7.50. The van der Waals surface area contributed by atoms with Gasteiger partial charge in [-0.1, -0.05) is 18.9 Å². The predicted octanol–water partition coefficient (Wildman–Crippen LogP) is 4.17. The van der Waals surface area contributed by atoms with Crippen LogP contribution in [0, 0.1) is 12.8 Å². The number of hydrogen-bond donors (Lipinski definition) is 2. The molecule has 5 rings (SSSR count). The van der Waals surface area contributed by atoms with Gasteiger partial charge in [0, 0.05) is 23.5 Å². The van der Waals surface area contributed by atoms with E-state index < -0.39 is 5.60 Å². The highest BCUT2D eigenvalue weighted by molar-refractivity contribution is 5.44. The van der Waals surface area contributed by atoms with E-state index in [2.05, 4.69) is 42.3 Å². The molecule has 4 heteroatoms. The van der Waals surface area contributed by atoms with Crippen molar-refractivity contribution in [1.82, 2.24) is 10.2 Å². The maximum absolute atomic E-state index is 12.8. The van der Waals surface area contributed by atoms with E-state index in [0.29, 0.717) is 0 Å². The maximum atomic E-state index is 12.8. The first-order valence-corrected chi connectivity index (χ1v) is 12.3. The minimum atomic E-state index is -0.731. The molecule has 1 aromatic carbocycles. The van der Waals surface area contributed by atoms with Gasteiger partial charge in [0.1, 0.15) is 5.75 Å². The van der Waals surface area contributed by atoms with Gasteiger partial charge >= 0.3 is 0 Å². The fourth-order valence-electron chi connectivity index (χ4n) is 7.26. The molecule has 166 valence electrons. The molecule has 3 atom stereocenters. The van der Waals surface area contributed by atoms with Crippen LogP contribution in [-0.2, 0) is 5.41 Å². The number of nitrogens with one attached hydrogen (secondary N) is 1. The zero-order valence-electron chi connectivity index (χ0n) is 19.2. The lowest BCUT2D eigenvalue weighted by atomic mass is 9.55. The Kier molecular flexibility index (Phi) is 5.19. The molecule has 4 aliphatic rings. The highest BCUT2D eigenvalue weighted by atomic mass is 16.5. The zero-order chi connectivity index (χ0) is 21.0. The van der Waals surface area contributed by atoms with Gasteiger partial charge in [0.2, 0.25) is 0 Å². The van der Waals surface area contributed by atoms with E-state index in [-0.39, 0.29) is 17.0 Å². The number of fused-ring (bicyclic) bond motifs is 1. The summed E-state index contributed by atoms with van der Waals surface area (Å²) in [5, 5.41) is 16.8. The van der Waals surface area contributed by atoms with Crippen LogP contribution >= 0.6 is 0 Å². The molecule has 0 bridgehead atoms. The average Bonchev–Trinajstić information content (AvgIpc) is 3.46. The van der Waals surface area contributed by atoms with Crippen LogP contribution < -0.4 is 10.1 Å². The molecule has 4 fully saturated rings. The number of methoxy groups -OCH3 is 1. The van der Waals surface area contributed by atoms with Gasteiger partial charge in [0.05, 0.1) is 12.7 Å². The second-order valence-electron chi connectivity index (χ2n) is 10.9. The molecule has 4 nitrogen and oxygen atoms in total. The molecule has 0 aromatic heterocycles. The Morgan fingerprint density at radius 2 is 1.93 bits per heavy atom. The van der Waals surface area contributed by atoms with Crippen molar-refractivity contribution in [2.24, 2.45) is 5.92 Å². The molecule has 1 spiro atoms. The molecule has 2 aliphatic carbocycles. The van der Waals surface area contributed by atoms with Gasteiger partial charge in [-0.05, 0) is 101 Å². The molecule has 2 saturated carbocycles. The van der Waals surface area contributed by atoms with Crippen LogP contribution in [0.3, 0.4) is 0 Å². The van der Waals surface area contributed by atoms with Crippen LogP contribution in [0.4, 0.5) is 0 Å². The van der Waals surface area contributed by atoms with E-state index in [1.165, 1.54) is 49.7 Å². The number of likely N-dealkylation sites (tertiary alicyclic amines) is 1. The van der Waals surface area contributed by atoms with E-state index >= 15 is 0 Å². The largest absolute Gasteiger partial charge is 0.497 e. The van der Waals surface area contributed by atoms with Crippen LogP contribution in [-0.4, -0.2) is 53.9 Å². The van der Waals surface area contributed by atoms with Crippen LogP contribution in [0.1, 0.15) is 75.8 Å². The average molecular weight is 413 g/mol. The summed E-state index contributed by atoms with van der Waals surface area (Å²) in [6.45, 7) is 7.78. The summed E-state index contributed by atoms with van der Waals surface area (Å²) < 4.78 is 5.64. The van der Waals surface area contributed by atoms with Crippen LogP contribution in [0.5, 0.6) is 5.75 Å². The summed E-state index contributed by atoms with van der Waals surface area (Å²) in [5.74, 6) is 1.76. The molecule has 0 amide bonds. The third-order valence-electron chi connectivity index (χ3n) is 9.26. The van der Waals surface area contributed by atoms with Crippen molar-refractivity contribution in [2.75, 3.05) is 26.7 Å². The maximum Gasteiger partial charge on any atom is 0.119 e. The fraction of sp³-hybridized carbons (Fsp3) is 0.769. The standard InChI is InChI=1S/C26H40N2O2/c1-19-6-9-22(30-3)16-23(19)25-12-14-27-24(10-4-5-11-24)18-26(25,29)20(2)28(15-13-25)17-21-7-8-21/h6,9,16,20-21,27,29H,4-5,7-8,10-15,17-18H2,1-3H3. The molecule has 2 N–H and O–H groups in total. The molecule has 1 aromatic rings. The van der Waals surface area contributed by atoms with E-state index in [0.717, 1.165) is 50.6 Å². The molecule has 2 saturated heterocycles. The zero-order valence-corrected chi connectivity index (χ0v) is 19.2. The van der Waals surface area contributed by atoms with Crippen molar-refractivity contribution < 1.29 is 9.84 Å². The first-order valence-electron chi connectivity index (χ1n) is 12.3. The summed E-state index contributed by atoms with van der Waals surface area (Å²) in [6.07, 6.45) is 10.6. The van der Waals surface area contributed by atoms with Gasteiger partial charge < -0.3 is 15.2 Å². The normalized spacial score (nSPS) is 36.5. The third kappa shape index (κ3) is 3.22. The van der Waals surface area contributed by atoms with Gasteiger partial charge in [-0.25, -0.2) is 0 Å². The highest BCUT2D eigenvalue weighted by Crippen LogP contribution is 2.56. The quantitative estimate of drug-likeness (QED) is 0.779. The summed E-state index contributed by atoms with van der Waals surface area (Å²) in [5.41, 5.74) is 1.77. The summed E-state index contributed by atoms with van der Waals surface area (Å²) >= 11 is 0. The Morgan fingerprint density at radius 3 is 2.63 bits per heavy atom.